The molecule has 0 radical (unpaired) electrons. The van der Waals surface area contributed by atoms with Crippen molar-refractivity contribution in [1.29, 1.82) is 0 Å². The number of methoxy groups -OCH3 is 1. The zero-order valence-electron chi connectivity index (χ0n) is 18.0. The van der Waals surface area contributed by atoms with Gasteiger partial charge in [0.1, 0.15) is 18.0 Å². The second-order valence-corrected chi connectivity index (χ2v) is 7.42. The van der Waals surface area contributed by atoms with Crippen molar-refractivity contribution in [3.63, 3.8) is 0 Å². The number of hydrogen-bond acceptors (Lipinski definition) is 5. The molecule has 34 heavy (non-hydrogen) atoms. The number of fused-ring (bicyclic) bond motifs is 1. The standard InChI is InChI=1S/C24H19F3N4O3/c1-34-18-5-2-4-15(12-18)20-13-22(33)31(23-19(30-20)6-3-11-28-23)14-21(32)29-17-9-7-16(8-10-17)24(25,26)27/h2-12H,13-14H2,1H3,(H,29,32). The largest absolute Gasteiger partial charge is 0.497 e. The van der Waals surface area contributed by atoms with Crippen LogP contribution in [-0.4, -0.2) is 36.2 Å². The van der Waals surface area contributed by atoms with Crippen LogP contribution in [0, 0.1) is 0 Å². The minimum atomic E-state index is -4.48. The molecule has 7 nitrogen and oxygen atoms in total. The molecule has 0 atom stereocenters. The SMILES string of the molecule is COc1cccc(C2=Nc3cccnc3N(CC(=O)Nc3ccc(C(F)(F)F)cc3)C(=O)C2)c1. The van der Waals surface area contributed by atoms with Crippen LogP contribution in [0.15, 0.2) is 71.9 Å². The molecule has 0 spiro atoms. The number of aliphatic imine (C=N–C) groups is 1. The van der Waals surface area contributed by atoms with Gasteiger partial charge < -0.3 is 10.1 Å². The summed E-state index contributed by atoms with van der Waals surface area (Å²) in [7, 11) is 1.54. The van der Waals surface area contributed by atoms with Gasteiger partial charge in [-0.1, -0.05) is 12.1 Å². The molecule has 2 heterocycles. The third-order valence-electron chi connectivity index (χ3n) is 5.10. The predicted molar refractivity (Wildman–Crippen MR) is 120 cm³/mol. The molecule has 1 N–H and O–H groups in total. The van der Waals surface area contributed by atoms with Crippen molar-refractivity contribution in [2.75, 3.05) is 23.9 Å². The summed E-state index contributed by atoms with van der Waals surface area (Å²) in [6.07, 6.45) is -3.08. The van der Waals surface area contributed by atoms with Gasteiger partial charge in [-0.15, -0.1) is 0 Å². The Morgan fingerprint density at radius 3 is 2.59 bits per heavy atom. The molecule has 2 aromatic carbocycles. The van der Waals surface area contributed by atoms with Crippen LogP contribution in [0.1, 0.15) is 17.5 Å². The van der Waals surface area contributed by atoms with Gasteiger partial charge in [-0.05, 0) is 48.5 Å². The number of nitrogens with zero attached hydrogens (tertiary/aromatic N) is 3. The molecule has 174 valence electrons. The van der Waals surface area contributed by atoms with Crippen molar-refractivity contribution in [2.24, 2.45) is 4.99 Å². The molecule has 0 fully saturated rings. The first-order valence-electron chi connectivity index (χ1n) is 10.2. The van der Waals surface area contributed by atoms with E-state index in [4.69, 9.17) is 4.74 Å². The number of hydrogen-bond donors (Lipinski definition) is 1. The number of carbonyl (C=O) groups is 2. The van der Waals surface area contributed by atoms with Crippen molar-refractivity contribution in [1.82, 2.24) is 4.98 Å². The van der Waals surface area contributed by atoms with Crippen molar-refractivity contribution in [3.05, 3.63) is 78.0 Å². The summed E-state index contributed by atoms with van der Waals surface area (Å²) in [5.74, 6) is -0.167. The second-order valence-electron chi connectivity index (χ2n) is 7.42. The number of ether oxygens (including phenoxy) is 1. The fourth-order valence-corrected chi connectivity index (χ4v) is 3.44. The number of nitrogens with one attached hydrogen (secondary N) is 1. The molecule has 10 heteroatoms. The maximum absolute atomic E-state index is 13.1. The van der Waals surface area contributed by atoms with Crippen molar-refractivity contribution >= 4 is 34.7 Å². The van der Waals surface area contributed by atoms with E-state index in [1.165, 1.54) is 18.2 Å². The van der Waals surface area contributed by atoms with Gasteiger partial charge in [0.2, 0.25) is 11.8 Å². The van der Waals surface area contributed by atoms with Crippen molar-refractivity contribution < 1.29 is 27.5 Å². The van der Waals surface area contributed by atoms with Crippen LogP contribution in [0.5, 0.6) is 5.75 Å². The number of carbonyl (C=O) groups excluding carboxylic acids is 2. The summed E-state index contributed by atoms with van der Waals surface area (Å²) in [5, 5.41) is 2.52. The summed E-state index contributed by atoms with van der Waals surface area (Å²) in [4.78, 5) is 35.8. The van der Waals surface area contributed by atoms with Crippen LogP contribution in [-0.2, 0) is 15.8 Å². The van der Waals surface area contributed by atoms with Gasteiger partial charge in [0.25, 0.3) is 0 Å². The fraction of sp³-hybridized carbons (Fsp3) is 0.167. The number of halogens is 3. The smallest absolute Gasteiger partial charge is 0.416 e. The van der Waals surface area contributed by atoms with Gasteiger partial charge in [-0.2, -0.15) is 13.2 Å². The number of anilines is 2. The topological polar surface area (TPSA) is 83.9 Å². The van der Waals surface area contributed by atoms with Crippen molar-refractivity contribution in [2.45, 2.75) is 12.6 Å². The first-order chi connectivity index (χ1) is 16.2. The van der Waals surface area contributed by atoms with Crippen LogP contribution in [0.4, 0.5) is 30.4 Å². The molecule has 0 bridgehead atoms. The fourth-order valence-electron chi connectivity index (χ4n) is 3.44. The molecule has 0 saturated heterocycles. The Kier molecular flexibility index (Phi) is 6.31. The predicted octanol–water partition coefficient (Wildman–Crippen LogP) is 4.61. The zero-order valence-corrected chi connectivity index (χ0v) is 18.0. The molecule has 1 aliphatic heterocycles. The van der Waals surface area contributed by atoms with E-state index in [0.29, 0.717) is 22.7 Å². The van der Waals surface area contributed by atoms with Gasteiger partial charge >= 0.3 is 6.18 Å². The normalized spacial score (nSPS) is 13.6. The summed E-state index contributed by atoms with van der Waals surface area (Å²) >= 11 is 0. The van der Waals surface area contributed by atoms with E-state index in [9.17, 15) is 22.8 Å². The lowest BCUT2D eigenvalue weighted by Crippen LogP contribution is -2.39. The molecule has 3 aromatic rings. The molecule has 0 aliphatic carbocycles. The molecule has 2 amide bonds. The van der Waals surface area contributed by atoms with Crippen LogP contribution in [0.2, 0.25) is 0 Å². The highest BCUT2D eigenvalue weighted by Crippen LogP contribution is 2.32. The monoisotopic (exact) mass is 468 g/mol. The Morgan fingerprint density at radius 2 is 1.88 bits per heavy atom. The number of benzene rings is 2. The van der Waals surface area contributed by atoms with E-state index >= 15 is 0 Å². The Hall–Kier alpha value is -4.21. The Labute approximate surface area is 192 Å². The van der Waals surface area contributed by atoms with Gasteiger partial charge in [-0.25, -0.2) is 9.98 Å². The maximum Gasteiger partial charge on any atom is 0.416 e. The summed E-state index contributed by atoms with van der Waals surface area (Å²) in [6, 6.07) is 14.5. The lowest BCUT2D eigenvalue weighted by Gasteiger charge is -2.20. The first kappa shape index (κ1) is 23.0. The van der Waals surface area contributed by atoms with E-state index < -0.39 is 23.6 Å². The molecule has 4 rings (SSSR count). The van der Waals surface area contributed by atoms with E-state index in [1.54, 1.807) is 36.4 Å². The quantitative estimate of drug-likeness (QED) is 0.593. The minimum absolute atomic E-state index is 0.0862. The molecule has 0 unspecified atom stereocenters. The van der Waals surface area contributed by atoms with Crippen molar-refractivity contribution in [3.8, 4) is 5.75 Å². The van der Waals surface area contributed by atoms with Gasteiger partial charge in [0.05, 0.1) is 24.8 Å². The Balaban J connectivity index is 1.56. The summed E-state index contributed by atoms with van der Waals surface area (Å²) in [5.41, 5.74) is 0.944. The van der Waals surface area contributed by atoms with E-state index in [-0.39, 0.29) is 24.5 Å². The van der Waals surface area contributed by atoms with E-state index in [1.807, 2.05) is 0 Å². The number of alkyl halides is 3. The van der Waals surface area contributed by atoms with E-state index in [2.05, 4.69) is 15.3 Å². The van der Waals surface area contributed by atoms with Gasteiger partial charge in [0, 0.05) is 17.4 Å². The zero-order chi connectivity index (χ0) is 24.3. The second kappa shape index (κ2) is 9.34. The van der Waals surface area contributed by atoms with E-state index in [0.717, 1.165) is 24.3 Å². The van der Waals surface area contributed by atoms with Crippen LogP contribution in [0.3, 0.4) is 0 Å². The Morgan fingerprint density at radius 1 is 1.12 bits per heavy atom. The Bertz CT molecular complexity index is 1260. The van der Waals surface area contributed by atoms with Gasteiger partial charge in [-0.3, -0.25) is 14.5 Å². The average Bonchev–Trinajstić information content (AvgIpc) is 2.95. The lowest BCUT2D eigenvalue weighted by molar-refractivity contribution is -0.137. The maximum atomic E-state index is 13.1. The minimum Gasteiger partial charge on any atom is -0.497 e. The number of amides is 2. The molecular weight excluding hydrogens is 449 g/mol. The summed E-state index contributed by atoms with van der Waals surface area (Å²) in [6.45, 7) is -0.384. The number of pyridine rings is 1. The van der Waals surface area contributed by atoms with Crippen LogP contribution in [0.25, 0.3) is 0 Å². The summed E-state index contributed by atoms with van der Waals surface area (Å²) < 4.78 is 43.5. The van der Waals surface area contributed by atoms with Gasteiger partial charge in [0.15, 0.2) is 5.82 Å². The highest BCUT2D eigenvalue weighted by Gasteiger charge is 2.30. The number of rotatable bonds is 5. The molecule has 0 saturated carbocycles. The molecule has 1 aromatic heterocycles. The molecular formula is C24H19F3N4O3. The lowest BCUT2D eigenvalue weighted by atomic mass is 10.1. The number of aromatic nitrogens is 1. The third kappa shape index (κ3) is 5.06. The third-order valence-corrected chi connectivity index (χ3v) is 5.10. The highest BCUT2D eigenvalue weighted by molar-refractivity contribution is 6.18. The first-order valence-corrected chi connectivity index (χ1v) is 10.2. The molecule has 1 aliphatic rings. The van der Waals surface area contributed by atoms with Crippen LogP contribution >= 0.6 is 0 Å². The highest BCUT2D eigenvalue weighted by atomic mass is 19.4. The van der Waals surface area contributed by atoms with Crippen LogP contribution < -0.4 is 15.0 Å². The average molecular weight is 468 g/mol.